The summed E-state index contributed by atoms with van der Waals surface area (Å²) < 4.78 is 1.86. The van der Waals surface area contributed by atoms with E-state index in [-0.39, 0.29) is 0 Å². The van der Waals surface area contributed by atoms with E-state index in [1.807, 2.05) is 16.9 Å². The first-order valence-electron chi connectivity index (χ1n) is 7.16. The van der Waals surface area contributed by atoms with E-state index in [0.717, 1.165) is 19.6 Å². The molecule has 2 aromatic rings. The van der Waals surface area contributed by atoms with E-state index in [4.69, 9.17) is 0 Å². The second-order valence-corrected chi connectivity index (χ2v) is 4.40. The van der Waals surface area contributed by atoms with Crippen LogP contribution in [0.15, 0.2) is 18.5 Å². The summed E-state index contributed by atoms with van der Waals surface area (Å²) in [6.45, 7) is 7.34. The van der Waals surface area contributed by atoms with Crippen LogP contribution in [0.5, 0.6) is 0 Å². The van der Waals surface area contributed by atoms with Crippen LogP contribution in [0, 0.1) is 0 Å². The molecule has 2 aromatic heterocycles. The molecule has 0 aliphatic heterocycles. The summed E-state index contributed by atoms with van der Waals surface area (Å²) in [6, 6.07) is 1.90. The molecule has 0 saturated heterocycles. The van der Waals surface area contributed by atoms with Gasteiger partial charge in [0.1, 0.15) is 0 Å². The highest BCUT2D eigenvalue weighted by molar-refractivity contribution is 5.43. The summed E-state index contributed by atoms with van der Waals surface area (Å²) in [7, 11) is 1.80. The second kappa shape index (κ2) is 7.41. The van der Waals surface area contributed by atoms with Crippen LogP contribution in [0.1, 0.15) is 13.8 Å². The number of hydrogen-bond donors (Lipinski definition) is 2. The monoisotopic (exact) mass is 290 g/mol. The zero-order valence-corrected chi connectivity index (χ0v) is 12.7. The number of aromatic nitrogens is 5. The minimum Gasteiger partial charge on any atom is -0.357 e. The molecule has 2 rings (SSSR count). The number of hydrogen-bond acceptors (Lipinski definition) is 7. The van der Waals surface area contributed by atoms with Gasteiger partial charge < -0.3 is 15.5 Å². The molecular weight excluding hydrogens is 268 g/mol. The maximum Gasteiger partial charge on any atom is 0.231 e. The summed E-state index contributed by atoms with van der Waals surface area (Å²) in [4.78, 5) is 15.3. The fourth-order valence-electron chi connectivity index (χ4n) is 1.92. The van der Waals surface area contributed by atoms with Gasteiger partial charge in [-0.2, -0.15) is 20.1 Å². The highest BCUT2D eigenvalue weighted by Crippen LogP contribution is 2.12. The summed E-state index contributed by atoms with van der Waals surface area (Å²) in [5.41, 5.74) is 0. The molecule has 0 saturated carbocycles. The van der Waals surface area contributed by atoms with Crippen LogP contribution in [0.25, 0.3) is 0 Å². The van der Waals surface area contributed by atoms with Crippen molar-refractivity contribution in [3.63, 3.8) is 0 Å². The number of nitrogens with one attached hydrogen (secondary N) is 2. The molecule has 0 unspecified atom stereocenters. The van der Waals surface area contributed by atoms with Crippen LogP contribution in [0.3, 0.4) is 0 Å². The average Bonchev–Trinajstić information content (AvgIpc) is 3.01. The van der Waals surface area contributed by atoms with Crippen molar-refractivity contribution >= 4 is 17.8 Å². The van der Waals surface area contributed by atoms with Crippen LogP contribution >= 0.6 is 0 Å². The molecule has 0 fully saturated rings. The Morgan fingerprint density at radius 3 is 2.52 bits per heavy atom. The van der Waals surface area contributed by atoms with Gasteiger partial charge >= 0.3 is 0 Å². The van der Waals surface area contributed by atoms with E-state index in [1.165, 1.54) is 0 Å². The van der Waals surface area contributed by atoms with Crippen molar-refractivity contribution in [3.8, 4) is 0 Å². The Morgan fingerprint density at radius 2 is 1.90 bits per heavy atom. The van der Waals surface area contributed by atoms with Crippen LogP contribution in [-0.2, 0) is 6.54 Å². The van der Waals surface area contributed by atoms with Crippen molar-refractivity contribution in [2.75, 3.05) is 42.2 Å². The Balaban J connectivity index is 2.05. The molecule has 0 radical (unpaired) electrons. The van der Waals surface area contributed by atoms with Gasteiger partial charge in [-0.1, -0.05) is 0 Å². The van der Waals surface area contributed by atoms with Crippen LogP contribution in [0.2, 0.25) is 0 Å². The van der Waals surface area contributed by atoms with Gasteiger partial charge in [0.15, 0.2) is 0 Å². The van der Waals surface area contributed by atoms with Gasteiger partial charge in [0.2, 0.25) is 17.8 Å². The van der Waals surface area contributed by atoms with Gasteiger partial charge in [-0.05, 0) is 19.9 Å². The predicted molar refractivity (Wildman–Crippen MR) is 83.7 cm³/mol. The Hall–Kier alpha value is -2.38. The Kier molecular flexibility index (Phi) is 5.30. The normalized spacial score (nSPS) is 10.4. The van der Waals surface area contributed by atoms with Crippen molar-refractivity contribution in [1.82, 2.24) is 24.7 Å². The van der Waals surface area contributed by atoms with Crippen molar-refractivity contribution in [1.29, 1.82) is 0 Å². The molecule has 0 aliphatic carbocycles. The maximum absolute atomic E-state index is 4.47. The lowest BCUT2D eigenvalue weighted by Crippen LogP contribution is -2.25. The second-order valence-electron chi connectivity index (χ2n) is 4.40. The van der Waals surface area contributed by atoms with Gasteiger partial charge in [-0.3, -0.25) is 4.68 Å². The Bertz CT molecular complexity index is 535. The molecule has 0 spiro atoms. The highest BCUT2D eigenvalue weighted by Gasteiger charge is 2.10. The first-order chi connectivity index (χ1) is 10.3. The van der Waals surface area contributed by atoms with Crippen molar-refractivity contribution < 1.29 is 0 Å². The largest absolute Gasteiger partial charge is 0.357 e. The van der Waals surface area contributed by atoms with E-state index in [0.29, 0.717) is 24.4 Å². The Morgan fingerprint density at radius 1 is 1.14 bits per heavy atom. The lowest BCUT2D eigenvalue weighted by Gasteiger charge is -2.19. The molecular formula is C13H22N8. The molecule has 0 amide bonds. The highest BCUT2D eigenvalue weighted by atomic mass is 15.3. The summed E-state index contributed by atoms with van der Waals surface area (Å²) >= 11 is 0. The summed E-state index contributed by atoms with van der Waals surface area (Å²) in [6.07, 6.45) is 3.69. The number of anilines is 3. The maximum atomic E-state index is 4.47. The smallest absolute Gasteiger partial charge is 0.231 e. The van der Waals surface area contributed by atoms with Gasteiger partial charge in [0.25, 0.3) is 0 Å². The Labute approximate surface area is 124 Å². The van der Waals surface area contributed by atoms with Crippen LogP contribution in [0.4, 0.5) is 17.8 Å². The molecule has 8 heteroatoms. The standard InChI is InChI=1S/C13H22N8/c1-4-20(5-2)13-18-11(14-3)17-12(19-13)15-8-10-21-9-6-7-16-21/h6-7,9H,4-5,8,10H2,1-3H3,(H2,14,15,17,18,19). The minimum atomic E-state index is 0.563. The molecule has 8 nitrogen and oxygen atoms in total. The van der Waals surface area contributed by atoms with Crippen molar-refractivity contribution in [2.24, 2.45) is 0 Å². The predicted octanol–water partition coefficient (Wildman–Crippen LogP) is 1.07. The lowest BCUT2D eigenvalue weighted by molar-refractivity contribution is 0.635. The van der Waals surface area contributed by atoms with E-state index in [9.17, 15) is 0 Å². The summed E-state index contributed by atoms with van der Waals surface area (Å²) in [5, 5.41) is 10.3. The summed E-state index contributed by atoms with van der Waals surface area (Å²) in [5.74, 6) is 1.82. The third-order valence-electron chi connectivity index (χ3n) is 3.08. The van der Waals surface area contributed by atoms with Crippen molar-refractivity contribution in [2.45, 2.75) is 20.4 Å². The van der Waals surface area contributed by atoms with Gasteiger partial charge in [0.05, 0.1) is 6.54 Å². The lowest BCUT2D eigenvalue weighted by atomic mass is 10.5. The van der Waals surface area contributed by atoms with Crippen LogP contribution < -0.4 is 15.5 Å². The van der Waals surface area contributed by atoms with E-state index >= 15 is 0 Å². The minimum absolute atomic E-state index is 0.563. The van der Waals surface area contributed by atoms with Gasteiger partial charge in [-0.25, -0.2) is 0 Å². The third kappa shape index (κ3) is 4.04. The van der Waals surface area contributed by atoms with Crippen LogP contribution in [-0.4, -0.2) is 51.4 Å². The topological polar surface area (TPSA) is 83.8 Å². The fourth-order valence-corrected chi connectivity index (χ4v) is 1.92. The zero-order chi connectivity index (χ0) is 15.1. The third-order valence-corrected chi connectivity index (χ3v) is 3.08. The van der Waals surface area contributed by atoms with E-state index in [1.54, 1.807) is 13.2 Å². The quantitative estimate of drug-likeness (QED) is 0.752. The molecule has 0 atom stereocenters. The molecule has 0 aliphatic rings. The average molecular weight is 290 g/mol. The fraction of sp³-hybridized carbons (Fsp3) is 0.538. The van der Waals surface area contributed by atoms with Gasteiger partial charge in [-0.15, -0.1) is 0 Å². The SMILES string of the molecule is CCN(CC)c1nc(NC)nc(NCCn2cccn2)n1. The van der Waals surface area contributed by atoms with E-state index in [2.05, 4.69) is 49.4 Å². The molecule has 0 bridgehead atoms. The number of rotatable bonds is 8. The zero-order valence-electron chi connectivity index (χ0n) is 12.7. The van der Waals surface area contributed by atoms with E-state index < -0.39 is 0 Å². The number of nitrogens with zero attached hydrogens (tertiary/aromatic N) is 6. The molecule has 21 heavy (non-hydrogen) atoms. The molecule has 2 N–H and O–H groups in total. The molecule has 2 heterocycles. The van der Waals surface area contributed by atoms with Crippen molar-refractivity contribution in [3.05, 3.63) is 18.5 Å². The molecule has 0 aromatic carbocycles. The first kappa shape index (κ1) is 15.0. The molecule has 114 valence electrons. The van der Waals surface area contributed by atoms with Gasteiger partial charge in [0, 0.05) is 39.1 Å². The first-order valence-corrected chi connectivity index (χ1v) is 7.16.